The third-order valence-electron chi connectivity index (χ3n) is 5.07. The second-order valence-corrected chi connectivity index (χ2v) is 7.31. The van der Waals surface area contributed by atoms with E-state index in [2.05, 4.69) is 0 Å². The lowest BCUT2D eigenvalue weighted by Crippen LogP contribution is -2.25. The normalized spacial score (nSPS) is 14.2. The van der Waals surface area contributed by atoms with Gasteiger partial charge in [-0.1, -0.05) is 43.3 Å². The number of halogens is 4. The molecule has 29 heavy (non-hydrogen) atoms. The molecule has 3 aromatic rings. The zero-order chi connectivity index (χ0) is 20.9. The first-order chi connectivity index (χ1) is 13.9. The van der Waals surface area contributed by atoms with Gasteiger partial charge in [0.25, 0.3) is 0 Å². The quantitative estimate of drug-likeness (QED) is 0.355. The van der Waals surface area contributed by atoms with Crippen molar-refractivity contribution >= 4 is 0 Å². The SMILES string of the molecule is CC(CF)(CCC(F)c1ccc(F)c(Oc2ccccc2)c1)c1ccc(F)cc1. The monoisotopic (exact) mass is 402 g/mol. The van der Waals surface area contributed by atoms with Crippen molar-refractivity contribution in [3.05, 3.63) is 95.6 Å². The highest BCUT2D eigenvalue weighted by Gasteiger charge is 2.28. The molecular formula is C24H22F4O. The van der Waals surface area contributed by atoms with Crippen LogP contribution in [0.1, 0.15) is 37.1 Å². The number of para-hydroxylation sites is 1. The van der Waals surface area contributed by atoms with Gasteiger partial charge >= 0.3 is 0 Å². The van der Waals surface area contributed by atoms with Crippen LogP contribution in [0.2, 0.25) is 0 Å². The standard InChI is InChI=1S/C24H22F4O/c1-24(16-25,18-8-10-19(26)11-9-18)14-13-21(27)17-7-12-22(28)23(15-17)29-20-5-3-2-4-6-20/h2-12,15,21H,13-14,16H2,1H3. The van der Waals surface area contributed by atoms with Crippen LogP contribution in [0.25, 0.3) is 0 Å². The Labute approximate surface area is 168 Å². The zero-order valence-corrected chi connectivity index (χ0v) is 16.0. The average Bonchev–Trinajstić information content (AvgIpc) is 2.74. The summed E-state index contributed by atoms with van der Waals surface area (Å²) in [6.45, 7) is 0.985. The Bertz CT molecular complexity index is 927. The third-order valence-corrected chi connectivity index (χ3v) is 5.07. The fraction of sp³-hybridized carbons (Fsp3) is 0.250. The Morgan fingerprint density at radius 2 is 1.62 bits per heavy atom. The maximum atomic E-state index is 14.9. The molecule has 0 fully saturated rings. The maximum Gasteiger partial charge on any atom is 0.165 e. The maximum absolute atomic E-state index is 14.9. The van der Waals surface area contributed by atoms with Crippen molar-refractivity contribution in [2.45, 2.75) is 31.4 Å². The number of ether oxygens (including phenoxy) is 1. The van der Waals surface area contributed by atoms with Crippen molar-refractivity contribution in [1.29, 1.82) is 0 Å². The first-order valence-corrected chi connectivity index (χ1v) is 9.40. The van der Waals surface area contributed by atoms with Crippen LogP contribution in [0.3, 0.4) is 0 Å². The summed E-state index contributed by atoms with van der Waals surface area (Å²) in [5.74, 6) is -0.622. The molecule has 2 unspecified atom stereocenters. The molecule has 0 saturated carbocycles. The molecule has 0 radical (unpaired) electrons. The first kappa shape index (κ1) is 20.9. The first-order valence-electron chi connectivity index (χ1n) is 9.40. The van der Waals surface area contributed by atoms with Crippen LogP contribution in [-0.2, 0) is 5.41 Å². The Kier molecular flexibility index (Phi) is 6.57. The van der Waals surface area contributed by atoms with Crippen molar-refractivity contribution < 1.29 is 22.3 Å². The minimum Gasteiger partial charge on any atom is -0.454 e. The molecule has 1 nitrogen and oxygen atoms in total. The summed E-state index contributed by atoms with van der Waals surface area (Å²) in [4.78, 5) is 0. The van der Waals surface area contributed by atoms with Crippen molar-refractivity contribution in [2.24, 2.45) is 0 Å². The number of rotatable bonds is 8. The molecule has 152 valence electrons. The fourth-order valence-electron chi connectivity index (χ4n) is 3.16. The summed E-state index contributed by atoms with van der Waals surface area (Å²) in [6, 6.07) is 18.1. The summed E-state index contributed by atoms with van der Waals surface area (Å²) in [7, 11) is 0. The molecule has 0 bridgehead atoms. The van der Waals surface area contributed by atoms with Crippen LogP contribution in [0.5, 0.6) is 11.5 Å². The smallest absolute Gasteiger partial charge is 0.165 e. The highest BCUT2D eigenvalue weighted by molar-refractivity contribution is 5.36. The van der Waals surface area contributed by atoms with E-state index in [-0.39, 0.29) is 24.2 Å². The second kappa shape index (κ2) is 9.12. The van der Waals surface area contributed by atoms with E-state index >= 15 is 0 Å². The largest absolute Gasteiger partial charge is 0.454 e. The van der Waals surface area contributed by atoms with E-state index in [0.29, 0.717) is 11.3 Å². The van der Waals surface area contributed by atoms with Crippen molar-refractivity contribution in [2.75, 3.05) is 6.67 Å². The van der Waals surface area contributed by atoms with Gasteiger partial charge in [0.15, 0.2) is 11.6 Å². The van der Waals surface area contributed by atoms with Crippen LogP contribution in [-0.4, -0.2) is 6.67 Å². The lowest BCUT2D eigenvalue weighted by molar-refractivity contribution is 0.248. The Balaban J connectivity index is 1.72. The molecule has 3 aromatic carbocycles. The molecule has 0 amide bonds. The summed E-state index contributed by atoms with van der Waals surface area (Å²) in [5, 5.41) is 0. The second-order valence-electron chi connectivity index (χ2n) is 7.31. The van der Waals surface area contributed by atoms with Crippen LogP contribution in [0, 0.1) is 11.6 Å². The molecule has 0 aliphatic rings. The minimum atomic E-state index is -1.42. The van der Waals surface area contributed by atoms with Crippen molar-refractivity contribution in [3.63, 3.8) is 0 Å². The summed E-state index contributed by atoms with van der Waals surface area (Å²) in [5.41, 5.74) is -0.0556. The van der Waals surface area contributed by atoms with Crippen LogP contribution in [0.4, 0.5) is 17.6 Å². The molecule has 0 saturated heterocycles. The van der Waals surface area contributed by atoms with Crippen LogP contribution < -0.4 is 4.74 Å². The number of alkyl halides is 2. The summed E-state index contributed by atoms with van der Waals surface area (Å²) in [6.07, 6.45) is -1.17. The molecule has 0 spiro atoms. The van der Waals surface area contributed by atoms with Gasteiger partial charge in [-0.05, 0) is 60.4 Å². The van der Waals surface area contributed by atoms with Gasteiger partial charge in [-0.2, -0.15) is 0 Å². The summed E-state index contributed by atoms with van der Waals surface area (Å²) >= 11 is 0. The van der Waals surface area contributed by atoms with Gasteiger partial charge in [0.1, 0.15) is 17.7 Å². The van der Waals surface area contributed by atoms with Crippen molar-refractivity contribution in [1.82, 2.24) is 0 Å². The number of hydrogen-bond acceptors (Lipinski definition) is 1. The summed E-state index contributed by atoms with van der Waals surface area (Å²) < 4.78 is 61.4. The molecule has 0 aliphatic carbocycles. The van der Waals surface area contributed by atoms with Gasteiger partial charge in [0.05, 0.1) is 6.67 Å². The van der Waals surface area contributed by atoms with E-state index in [1.165, 1.54) is 36.4 Å². The van der Waals surface area contributed by atoms with E-state index in [0.717, 1.165) is 6.07 Å². The highest BCUT2D eigenvalue weighted by atomic mass is 19.1. The van der Waals surface area contributed by atoms with Gasteiger partial charge in [-0.3, -0.25) is 4.39 Å². The average molecular weight is 402 g/mol. The molecule has 0 aliphatic heterocycles. The Morgan fingerprint density at radius 1 is 0.931 bits per heavy atom. The Hall–Kier alpha value is -2.82. The molecule has 5 heteroatoms. The van der Waals surface area contributed by atoms with E-state index in [1.807, 2.05) is 0 Å². The lowest BCUT2D eigenvalue weighted by atomic mass is 9.79. The van der Waals surface area contributed by atoms with Gasteiger partial charge < -0.3 is 4.74 Å². The zero-order valence-electron chi connectivity index (χ0n) is 16.0. The van der Waals surface area contributed by atoms with E-state index in [4.69, 9.17) is 4.74 Å². The molecule has 2 atom stereocenters. The van der Waals surface area contributed by atoms with Gasteiger partial charge in [0, 0.05) is 5.41 Å². The number of hydrogen-bond donors (Lipinski definition) is 0. The van der Waals surface area contributed by atoms with E-state index in [1.54, 1.807) is 37.3 Å². The molecule has 0 N–H and O–H groups in total. The minimum absolute atomic E-state index is 0.0359. The van der Waals surface area contributed by atoms with Crippen LogP contribution >= 0.6 is 0 Å². The highest BCUT2D eigenvalue weighted by Crippen LogP contribution is 2.36. The number of benzene rings is 3. The van der Waals surface area contributed by atoms with E-state index < -0.39 is 29.9 Å². The predicted molar refractivity (Wildman–Crippen MR) is 106 cm³/mol. The third kappa shape index (κ3) is 5.17. The van der Waals surface area contributed by atoms with Gasteiger partial charge in [0.2, 0.25) is 0 Å². The molecule has 3 rings (SSSR count). The molecular weight excluding hydrogens is 380 g/mol. The van der Waals surface area contributed by atoms with E-state index in [9.17, 15) is 17.6 Å². The molecule has 0 heterocycles. The van der Waals surface area contributed by atoms with Gasteiger partial charge in [-0.15, -0.1) is 0 Å². The van der Waals surface area contributed by atoms with Crippen molar-refractivity contribution in [3.8, 4) is 11.5 Å². The topological polar surface area (TPSA) is 9.23 Å². The predicted octanol–water partition coefficient (Wildman–Crippen LogP) is 7.48. The van der Waals surface area contributed by atoms with Crippen LogP contribution in [0.15, 0.2) is 72.8 Å². The van der Waals surface area contributed by atoms with Gasteiger partial charge in [-0.25, -0.2) is 13.2 Å². The lowest BCUT2D eigenvalue weighted by Gasteiger charge is -2.27. The fourth-order valence-corrected chi connectivity index (χ4v) is 3.16. The molecule has 0 aromatic heterocycles. The Morgan fingerprint density at radius 3 is 2.28 bits per heavy atom.